The molecule has 0 aliphatic heterocycles. The Morgan fingerprint density at radius 2 is 2.00 bits per heavy atom. The highest BCUT2D eigenvalue weighted by Crippen LogP contribution is 2.23. The van der Waals surface area contributed by atoms with Crippen LogP contribution in [0.25, 0.3) is 0 Å². The van der Waals surface area contributed by atoms with Crippen molar-refractivity contribution in [2.45, 2.75) is 19.4 Å². The van der Waals surface area contributed by atoms with Crippen molar-refractivity contribution in [1.29, 1.82) is 0 Å². The van der Waals surface area contributed by atoms with Crippen molar-refractivity contribution in [2.24, 2.45) is 0 Å². The molecule has 0 aliphatic rings. The summed E-state index contributed by atoms with van der Waals surface area (Å²) < 4.78 is 0. The van der Waals surface area contributed by atoms with Crippen molar-refractivity contribution in [2.75, 3.05) is 12.9 Å². The van der Waals surface area contributed by atoms with E-state index in [1.165, 1.54) is 0 Å². The maximum absolute atomic E-state index is 11.9. The number of carbonyl (C=O) groups excluding carboxylic acids is 1. The second-order valence-corrected chi connectivity index (χ2v) is 5.06. The zero-order valence-electron chi connectivity index (χ0n) is 9.71. The quantitative estimate of drug-likeness (QED) is 0.777. The number of alkyl halides is 1. The minimum atomic E-state index is 0.0107. The number of nitrogens with zero attached hydrogens (tertiary/aromatic N) is 1. The summed E-state index contributed by atoms with van der Waals surface area (Å²) in [6.45, 7) is 1.90. The topological polar surface area (TPSA) is 20.3 Å². The average molecular weight is 295 g/mol. The summed E-state index contributed by atoms with van der Waals surface area (Å²) in [5.74, 6) is 0.431. The van der Waals surface area contributed by atoms with Crippen LogP contribution in [0.4, 0.5) is 0 Å². The second-order valence-electron chi connectivity index (χ2n) is 3.93. The Kier molecular flexibility index (Phi) is 5.57. The molecule has 1 aromatic carbocycles. The zero-order chi connectivity index (χ0) is 13.0. The third-order valence-corrected chi connectivity index (χ3v) is 3.80. The van der Waals surface area contributed by atoms with Crippen molar-refractivity contribution >= 4 is 40.7 Å². The largest absolute Gasteiger partial charge is 0.342 e. The molecule has 1 aromatic rings. The molecule has 17 heavy (non-hydrogen) atoms. The highest BCUT2D eigenvalue weighted by atomic mass is 35.5. The summed E-state index contributed by atoms with van der Waals surface area (Å²) >= 11 is 17.4. The smallest absolute Gasteiger partial charge is 0.227 e. The monoisotopic (exact) mass is 293 g/mol. The van der Waals surface area contributed by atoms with E-state index in [9.17, 15) is 4.79 Å². The minimum Gasteiger partial charge on any atom is -0.342 e. The van der Waals surface area contributed by atoms with E-state index in [4.69, 9.17) is 34.8 Å². The molecule has 0 saturated carbocycles. The fraction of sp³-hybridized carbons (Fsp3) is 0.417. The van der Waals surface area contributed by atoms with Crippen LogP contribution < -0.4 is 0 Å². The molecule has 5 heteroatoms. The molecule has 2 nitrogen and oxygen atoms in total. The Labute approximate surface area is 116 Å². The molecule has 1 amide bonds. The Balaban J connectivity index is 2.71. The van der Waals surface area contributed by atoms with Crippen LogP contribution in [0.15, 0.2) is 18.2 Å². The molecule has 1 atom stereocenters. The summed E-state index contributed by atoms with van der Waals surface area (Å²) in [4.78, 5) is 13.5. The van der Waals surface area contributed by atoms with Crippen LogP contribution in [0.2, 0.25) is 10.0 Å². The fourth-order valence-electron chi connectivity index (χ4n) is 1.30. The van der Waals surface area contributed by atoms with E-state index in [1.807, 2.05) is 6.92 Å². The fourth-order valence-corrected chi connectivity index (χ4v) is 1.83. The number of carbonyl (C=O) groups is 1. The van der Waals surface area contributed by atoms with Crippen LogP contribution in [0.3, 0.4) is 0 Å². The predicted octanol–water partition coefficient (Wildman–Crippen LogP) is 3.62. The summed E-state index contributed by atoms with van der Waals surface area (Å²) in [6, 6.07) is 5.22. The van der Waals surface area contributed by atoms with Gasteiger partial charge in [-0.25, -0.2) is 0 Å². The van der Waals surface area contributed by atoms with Crippen molar-refractivity contribution in [3.05, 3.63) is 33.8 Å². The molecule has 0 bridgehead atoms. The molecule has 1 unspecified atom stereocenters. The molecule has 0 saturated heterocycles. The van der Waals surface area contributed by atoms with E-state index in [-0.39, 0.29) is 11.9 Å². The van der Waals surface area contributed by atoms with Gasteiger partial charge < -0.3 is 4.90 Å². The van der Waals surface area contributed by atoms with Gasteiger partial charge in [-0.2, -0.15) is 0 Å². The molecule has 0 N–H and O–H groups in total. The van der Waals surface area contributed by atoms with Gasteiger partial charge in [-0.3, -0.25) is 4.79 Å². The molecule has 0 fully saturated rings. The van der Waals surface area contributed by atoms with Gasteiger partial charge >= 0.3 is 0 Å². The first kappa shape index (κ1) is 14.6. The van der Waals surface area contributed by atoms with Crippen LogP contribution in [-0.4, -0.2) is 29.8 Å². The van der Waals surface area contributed by atoms with Gasteiger partial charge in [0.1, 0.15) is 0 Å². The zero-order valence-corrected chi connectivity index (χ0v) is 12.0. The van der Waals surface area contributed by atoms with Crippen LogP contribution in [0, 0.1) is 0 Å². The van der Waals surface area contributed by atoms with Crippen LogP contribution in [0.5, 0.6) is 0 Å². The number of hydrogen-bond donors (Lipinski definition) is 0. The first-order valence-electron chi connectivity index (χ1n) is 5.21. The van der Waals surface area contributed by atoms with Crippen LogP contribution in [-0.2, 0) is 11.2 Å². The normalized spacial score (nSPS) is 12.3. The first-order valence-corrected chi connectivity index (χ1v) is 6.50. The van der Waals surface area contributed by atoms with Gasteiger partial charge in [0.25, 0.3) is 0 Å². The standard InChI is InChI=1S/C12H14Cl3NO/c1-8(7-13)16(2)12(17)6-9-3-4-10(14)11(15)5-9/h3-5,8H,6-7H2,1-2H3. The van der Waals surface area contributed by atoms with Gasteiger partial charge in [0.2, 0.25) is 5.91 Å². The number of amides is 1. The number of rotatable bonds is 4. The maximum Gasteiger partial charge on any atom is 0.227 e. The molecule has 0 spiro atoms. The lowest BCUT2D eigenvalue weighted by atomic mass is 10.1. The maximum atomic E-state index is 11.9. The summed E-state index contributed by atoms with van der Waals surface area (Å²) in [5, 5.41) is 0.954. The number of likely N-dealkylation sites (N-methyl/N-ethyl adjacent to an activating group) is 1. The average Bonchev–Trinajstić information content (AvgIpc) is 2.31. The third-order valence-electron chi connectivity index (χ3n) is 2.62. The van der Waals surface area contributed by atoms with E-state index in [2.05, 4.69) is 0 Å². The summed E-state index contributed by atoms with van der Waals surface area (Å²) in [6.07, 6.45) is 0.300. The van der Waals surface area contributed by atoms with Gasteiger partial charge in [0.15, 0.2) is 0 Å². The number of halogens is 3. The Hall–Kier alpha value is -0.440. The Morgan fingerprint density at radius 1 is 1.35 bits per heavy atom. The molecular weight excluding hydrogens is 280 g/mol. The Morgan fingerprint density at radius 3 is 2.53 bits per heavy atom. The van der Waals surface area contributed by atoms with Crippen LogP contribution in [0.1, 0.15) is 12.5 Å². The molecule has 0 aliphatic carbocycles. The predicted molar refractivity (Wildman–Crippen MR) is 73.1 cm³/mol. The van der Waals surface area contributed by atoms with Crippen molar-refractivity contribution in [3.63, 3.8) is 0 Å². The molecule has 0 heterocycles. The van der Waals surface area contributed by atoms with E-state index < -0.39 is 0 Å². The van der Waals surface area contributed by atoms with E-state index >= 15 is 0 Å². The minimum absolute atomic E-state index is 0.0107. The number of benzene rings is 1. The lowest BCUT2D eigenvalue weighted by Gasteiger charge is -2.23. The van der Waals surface area contributed by atoms with Gasteiger partial charge in [-0.05, 0) is 24.6 Å². The third kappa shape index (κ3) is 4.06. The van der Waals surface area contributed by atoms with Gasteiger partial charge in [0, 0.05) is 19.0 Å². The van der Waals surface area contributed by atoms with Crippen molar-refractivity contribution in [1.82, 2.24) is 4.90 Å². The second kappa shape index (κ2) is 6.48. The molecular formula is C12H14Cl3NO. The van der Waals surface area contributed by atoms with Gasteiger partial charge in [-0.1, -0.05) is 29.3 Å². The van der Waals surface area contributed by atoms with Gasteiger partial charge in [0.05, 0.1) is 16.5 Å². The highest BCUT2D eigenvalue weighted by Gasteiger charge is 2.15. The number of hydrogen-bond acceptors (Lipinski definition) is 1. The Bertz CT molecular complexity index is 409. The summed E-state index contributed by atoms with van der Waals surface area (Å²) in [7, 11) is 1.74. The van der Waals surface area contributed by atoms with Gasteiger partial charge in [-0.15, -0.1) is 11.6 Å². The van der Waals surface area contributed by atoms with E-state index in [1.54, 1.807) is 30.1 Å². The van der Waals surface area contributed by atoms with E-state index in [0.717, 1.165) is 5.56 Å². The lowest BCUT2D eigenvalue weighted by Crippen LogP contribution is -2.37. The SMILES string of the molecule is CC(CCl)N(C)C(=O)Cc1ccc(Cl)c(Cl)c1. The molecule has 0 radical (unpaired) electrons. The molecule has 1 rings (SSSR count). The molecule has 0 aromatic heterocycles. The van der Waals surface area contributed by atoms with Crippen molar-refractivity contribution in [3.8, 4) is 0 Å². The van der Waals surface area contributed by atoms with E-state index in [0.29, 0.717) is 22.3 Å². The molecule has 94 valence electrons. The van der Waals surface area contributed by atoms with Crippen LogP contribution >= 0.6 is 34.8 Å². The van der Waals surface area contributed by atoms with Crippen molar-refractivity contribution < 1.29 is 4.79 Å². The summed E-state index contributed by atoms with van der Waals surface area (Å²) in [5.41, 5.74) is 0.845. The first-order chi connectivity index (χ1) is 7.95. The lowest BCUT2D eigenvalue weighted by molar-refractivity contribution is -0.130. The highest BCUT2D eigenvalue weighted by molar-refractivity contribution is 6.42.